The van der Waals surface area contributed by atoms with Gasteiger partial charge in [0.25, 0.3) is 0 Å². The topological polar surface area (TPSA) is 49.7 Å². The standard InChI is InChI=1S/C3H10O3Si/c1-3(2)6-7(4)5/h3-5,7H,1-2H3. The van der Waals surface area contributed by atoms with Crippen molar-refractivity contribution in [1.82, 2.24) is 0 Å². The lowest BCUT2D eigenvalue weighted by Crippen LogP contribution is -2.21. The molecule has 0 radical (unpaired) electrons. The molecule has 0 amide bonds. The highest BCUT2D eigenvalue weighted by Gasteiger charge is 2.02. The lowest BCUT2D eigenvalue weighted by molar-refractivity contribution is 0.142. The van der Waals surface area contributed by atoms with Crippen LogP contribution in [0.25, 0.3) is 0 Å². The Morgan fingerprint density at radius 1 is 1.43 bits per heavy atom. The number of hydrogen-bond acceptors (Lipinski definition) is 3. The highest BCUT2D eigenvalue weighted by atomic mass is 28.3. The summed E-state index contributed by atoms with van der Waals surface area (Å²) in [5.41, 5.74) is 0. The molecule has 0 heterocycles. The van der Waals surface area contributed by atoms with Crippen LogP contribution < -0.4 is 0 Å². The largest absolute Gasteiger partial charge is 0.478 e. The fourth-order valence-electron chi connectivity index (χ4n) is 0.243. The van der Waals surface area contributed by atoms with E-state index in [0.29, 0.717) is 0 Å². The van der Waals surface area contributed by atoms with Crippen molar-refractivity contribution in [3.8, 4) is 0 Å². The van der Waals surface area contributed by atoms with E-state index in [2.05, 4.69) is 4.43 Å². The maximum Gasteiger partial charge on any atom is 0.478 e. The predicted molar refractivity (Wildman–Crippen MR) is 27.8 cm³/mol. The summed E-state index contributed by atoms with van der Waals surface area (Å²) in [7, 11) is -2.73. The smallest absolute Gasteiger partial charge is 0.392 e. The number of rotatable bonds is 2. The van der Waals surface area contributed by atoms with Crippen LogP contribution in [0.4, 0.5) is 0 Å². The molecular formula is C3H10O3Si. The molecule has 0 spiro atoms. The van der Waals surface area contributed by atoms with Crippen LogP contribution in [0.5, 0.6) is 0 Å². The minimum absolute atomic E-state index is 0.0633. The third-order valence-corrected chi connectivity index (χ3v) is 1.18. The van der Waals surface area contributed by atoms with Gasteiger partial charge in [0.15, 0.2) is 0 Å². The van der Waals surface area contributed by atoms with E-state index in [9.17, 15) is 0 Å². The molecule has 0 aromatic rings. The van der Waals surface area contributed by atoms with E-state index in [1.807, 2.05) is 0 Å². The second kappa shape index (κ2) is 3.14. The molecule has 44 valence electrons. The monoisotopic (exact) mass is 122 g/mol. The number of hydrogen-bond donors (Lipinski definition) is 2. The van der Waals surface area contributed by atoms with Crippen molar-refractivity contribution in [1.29, 1.82) is 0 Å². The van der Waals surface area contributed by atoms with Crippen LogP contribution in [0.2, 0.25) is 0 Å². The summed E-state index contributed by atoms with van der Waals surface area (Å²) in [4.78, 5) is 16.4. The maximum absolute atomic E-state index is 8.20. The van der Waals surface area contributed by atoms with Gasteiger partial charge < -0.3 is 14.0 Å². The summed E-state index contributed by atoms with van der Waals surface area (Å²) in [6, 6.07) is 0. The molecule has 0 unspecified atom stereocenters. The van der Waals surface area contributed by atoms with Crippen molar-refractivity contribution in [2.75, 3.05) is 0 Å². The second-order valence-corrected chi connectivity index (χ2v) is 2.44. The average molecular weight is 122 g/mol. The zero-order valence-corrected chi connectivity index (χ0v) is 5.61. The molecular weight excluding hydrogens is 112 g/mol. The summed E-state index contributed by atoms with van der Waals surface area (Å²) in [5, 5.41) is 0. The quantitative estimate of drug-likeness (QED) is 0.467. The van der Waals surface area contributed by atoms with E-state index in [1.165, 1.54) is 0 Å². The van der Waals surface area contributed by atoms with Gasteiger partial charge in [0.1, 0.15) is 0 Å². The fraction of sp³-hybridized carbons (Fsp3) is 1.00. The molecule has 0 atom stereocenters. The molecule has 4 heteroatoms. The van der Waals surface area contributed by atoms with Gasteiger partial charge in [-0.05, 0) is 13.8 Å². The zero-order chi connectivity index (χ0) is 5.86. The first-order chi connectivity index (χ1) is 3.13. The van der Waals surface area contributed by atoms with Gasteiger partial charge in [0.2, 0.25) is 0 Å². The average Bonchev–Trinajstić information content (AvgIpc) is 1.27. The van der Waals surface area contributed by atoms with Crippen molar-refractivity contribution in [2.45, 2.75) is 20.0 Å². The molecule has 0 saturated heterocycles. The molecule has 0 aliphatic carbocycles. The van der Waals surface area contributed by atoms with E-state index < -0.39 is 9.53 Å². The van der Waals surface area contributed by atoms with Crippen LogP contribution >= 0.6 is 0 Å². The summed E-state index contributed by atoms with van der Waals surface area (Å²) < 4.78 is 4.50. The van der Waals surface area contributed by atoms with Gasteiger partial charge in [0, 0.05) is 6.10 Å². The summed E-state index contributed by atoms with van der Waals surface area (Å²) >= 11 is 0. The molecule has 0 bridgehead atoms. The van der Waals surface area contributed by atoms with E-state index >= 15 is 0 Å². The van der Waals surface area contributed by atoms with Crippen LogP contribution in [-0.4, -0.2) is 25.2 Å². The van der Waals surface area contributed by atoms with Crippen LogP contribution in [0.1, 0.15) is 13.8 Å². The normalized spacial score (nSPS) is 11.1. The van der Waals surface area contributed by atoms with Crippen molar-refractivity contribution in [3.63, 3.8) is 0 Å². The summed E-state index contributed by atoms with van der Waals surface area (Å²) in [5.74, 6) is 0. The molecule has 0 aromatic carbocycles. The Kier molecular flexibility index (Phi) is 3.19. The van der Waals surface area contributed by atoms with Gasteiger partial charge in [-0.2, -0.15) is 0 Å². The van der Waals surface area contributed by atoms with Crippen LogP contribution in [0.15, 0.2) is 0 Å². The van der Waals surface area contributed by atoms with Gasteiger partial charge >= 0.3 is 9.53 Å². The molecule has 0 aliphatic rings. The Morgan fingerprint density at radius 3 is 1.86 bits per heavy atom. The van der Waals surface area contributed by atoms with Crippen molar-refractivity contribution >= 4 is 9.53 Å². The van der Waals surface area contributed by atoms with Crippen molar-refractivity contribution in [3.05, 3.63) is 0 Å². The Morgan fingerprint density at radius 2 is 1.86 bits per heavy atom. The molecule has 0 aromatic heterocycles. The van der Waals surface area contributed by atoms with Crippen molar-refractivity contribution in [2.24, 2.45) is 0 Å². The first kappa shape index (κ1) is 7.10. The SMILES string of the molecule is CC(C)O[SiH](O)O. The highest BCUT2D eigenvalue weighted by molar-refractivity contribution is 6.32. The predicted octanol–water partition coefficient (Wildman–Crippen LogP) is -0.887. The third kappa shape index (κ3) is 6.10. The minimum atomic E-state index is -2.73. The Hall–Kier alpha value is 0.0969. The van der Waals surface area contributed by atoms with Gasteiger partial charge in [-0.15, -0.1) is 0 Å². The highest BCUT2D eigenvalue weighted by Crippen LogP contribution is 1.85. The summed E-state index contributed by atoms with van der Waals surface area (Å²) in [6.07, 6.45) is -0.0633. The van der Waals surface area contributed by atoms with Gasteiger partial charge in [-0.1, -0.05) is 0 Å². The first-order valence-corrected chi connectivity index (χ1v) is 3.65. The van der Waals surface area contributed by atoms with Crippen LogP contribution in [0, 0.1) is 0 Å². The lowest BCUT2D eigenvalue weighted by Gasteiger charge is -2.05. The van der Waals surface area contributed by atoms with Crippen LogP contribution in [0.3, 0.4) is 0 Å². The minimum Gasteiger partial charge on any atom is -0.392 e. The van der Waals surface area contributed by atoms with E-state index in [1.54, 1.807) is 13.8 Å². The van der Waals surface area contributed by atoms with Gasteiger partial charge in [-0.3, -0.25) is 0 Å². The molecule has 0 fully saturated rings. The molecule has 0 rings (SSSR count). The van der Waals surface area contributed by atoms with Crippen molar-refractivity contribution < 1.29 is 14.0 Å². The van der Waals surface area contributed by atoms with E-state index in [0.717, 1.165) is 0 Å². The third-order valence-electron chi connectivity index (χ3n) is 0.394. The molecule has 3 nitrogen and oxygen atoms in total. The molecule has 0 saturated carbocycles. The Labute approximate surface area is 44.5 Å². The van der Waals surface area contributed by atoms with Gasteiger partial charge in [-0.25, -0.2) is 0 Å². The second-order valence-electron chi connectivity index (χ2n) is 1.51. The Balaban J connectivity index is 2.95. The maximum atomic E-state index is 8.20. The lowest BCUT2D eigenvalue weighted by atomic mass is 10.5. The summed E-state index contributed by atoms with van der Waals surface area (Å²) in [6.45, 7) is 3.51. The molecule has 2 N–H and O–H groups in total. The first-order valence-electron chi connectivity index (χ1n) is 2.14. The van der Waals surface area contributed by atoms with E-state index in [-0.39, 0.29) is 6.10 Å². The Bertz CT molecular complexity index is 39.4. The fourth-order valence-corrected chi connectivity index (χ4v) is 0.730. The van der Waals surface area contributed by atoms with Crippen LogP contribution in [-0.2, 0) is 4.43 Å². The zero-order valence-electron chi connectivity index (χ0n) is 4.46. The molecule has 0 aliphatic heterocycles. The molecule has 7 heavy (non-hydrogen) atoms. The van der Waals surface area contributed by atoms with Gasteiger partial charge in [0.05, 0.1) is 0 Å². The van der Waals surface area contributed by atoms with E-state index in [4.69, 9.17) is 9.59 Å².